The molecule has 0 unspecified atom stereocenters. The van der Waals surface area contributed by atoms with E-state index in [4.69, 9.17) is 9.84 Å². The normalized spacial score (nSPS) is 10.3. The largest absolute Gasteiger partial charge is 0.484 e. The van der Waals surface area contributed by atoms with Gasteiger partial charge in [-0.05, 0) is 48.2 Å². The van der Waals surface area contributed by atoms with Crippen molar-refractivity contribution in [2.75, 3.05) is 13.2 Å². The molecule has 0 radical (unpaired) electrons. The molecule has 0 aromatic heterocycles. The Morgan fingerprint density at radius 2 is 1.80 bits per heavy atom. The number of hydrogen-bond donors (Lipinski definition) is 2. The molecule has 0 aliphatic carbocycles. The quantitative estimate of drug-likeness (QED) is 0.732. The van der Waals surface area contributed by atoms with Crippen LogP contribution in [0.4, 0.5) is 4.39 Å². The molecule has 2 aromatic rings. The summed E-state index contributed by atoms with van der Waals surface area (Å²) in [4.78, 5) is 22.3. The number of ether oxygens (including phenoxy) is 1. The Labute approximate surface area is 145 Å². The minimum Gasteiger partial charge on any atom is -0.484 e. The maximum absolute atomic E-state index is 13.0. The summed E-state index contributed by atoms with van der Waals surface area (Å²) in [6.07, 6.45) is 1.08. The van der Waals surface area contributed by atoms with Gasteiger partial charge in [-0.25, -0.2) is 4.39 Å². The average Bonchev–Trinajstić information content (AvgIpc) is 2.59. The van der Waals surface area contributed by atoms with Gasteiger partial charge in [0, 0.05) is 13.0 Å². The van der Waals surface area contributed by atoms with E-state index in [-0.39, 0.29) is 24.8 Å². The molecule has 6 heteroatoms. The number of nitrogens with one attached hydrogen (secondary N) is 1. The van der Waals surface area contributed by atoms with Crippen molar-refractivity contribution in [1.29, 1.82) is 0 Å². The van der Waals surface area contributed by atoms with Crippen molar-refractivity contribution in [3.8, 4) is 5.75 Å². The zero-order chi connectivity index (χ0) is 18.1. The Morgan fingerprint density at radius 1 is 1.04 bits per heavy atom. The fraction of sp³-hybridized carbons (Fsp3) is 0.263. The molecule has 0 aliphatic rings. The highest BCUT2D eigenvalue weighted by molar-refractivity contribution is 5.77. The molecule has 0 aliphatic heterocycles. The fourth-order valence-electron chi connectivity index (χ4n) is 2.24. The lowest BCUT2D eigenvalue weighted by Crippen LogP contribution is -2.30. The first-order valence-electron chi connectivity index (χ1n) is 7.97. The molecule has 0 bridgehead atoms. The van der Waals surface area contributed by atoms with Crippen LogP contribution >= 0.6 is 0 Å². The highest BCUT2D eigenvalue weighted by Crippen LogP contribution is 2.13. The van der Waals surface area contributed by atoms with E-state index in [0.717, 1.165) is 11.1 Å². The molecular weight excluding hydrogens is 325 g/mol. The van der Waals surface area contributed by atoms with Crippen molar-refractivity contribution >= 4 is 11.9 Å². The molecule has 0 heterocycles. The third-order valence-corrected chi connectivity index (χ3v) is 3.55. The number of rotatable bonds is 9. The average molecular weight is 345 g/mol. The van der Waals surface area contributed by atoms with E-state index in [1.54, 1.807) is 36.4 Å². The zero-order valence-electron chi connectivity index (χ0n) is 13.7. The number of hydrogen-bond acceptors (Lipinski definition) is 3. The summed E-state index contributed by atoms with van der Waals surface area (Å²) < 4.78 is 18.4. The SMILES string of the molecule is O=C(O)CCc1ccc(OCC(=O)NCCc2cccc(F)c2)cc1. The van der Waals surface area contributed by atoms with Crippen LogP contribution in [0.3, 0.4) is 0 Å². The number of carbonyl (C=O) groups is 2. The lowest BCUT2D eigenvalue weighted by atomic mass is 10.1. The van der Waals surface area contributed by atoms with E-state index >= 15 is 0 Å². The molecular formula is C19H20FNO4. The van der Waals surface area contributed by atoms with Gasteiger partial charge in [-0.15, -0.1) is 0 Å². The molecule has 0 saturated carbocycles. The number of carbonyl (C=O) groups excluding carboxylic acids is 1. The Hall–Kier alpha value is -2.89. The number of aliphatic carboxylic acids is 1. The number of halogens is 1. The molecule has 1 amide bonds. The third-order valence-electron chi connectivity index (χ3n) is 3.55. The van der Waals surface area contributed by atoms with E-state index in [0.29, 0.717) is 25.1 Å². The molecule has 0 spiro atoms. The van der Waals surface area contributed by atoms with Gasteiger partial charge in [0.15, 0.2) is 6.61 Å². The summed E-state index contributed by atoms with van der Waals surface area (Å²) in [5.74, 6) is -0.847. The van der Waals surface area contributed by atoms with Crippen LogP contribution in [0, 0.1) is 5.82 Å². The summed E-state index contributed by atoms with van der Waals surface area (Å²) in [6, 6.07) is 13.2. The van der Waals surface area contributed by atoms with Crippen LogP contribution in [-0.4, -0.2) is 30.1 Å². The van der Waals surface area contributed by atoms with Gasteiger partial charge in [0.2, 0.25) is 0 Å². The summed E-state index contributed by atoms with van der Waals surface area (Å²) >= 11 is 0. The van der Waals surface area contributed by atoms with Crippen molar-refractivity contribution in [1.82, 2.24) is 5.32 Å². The maximum Gasteiger partial charge on any atom is 0.303 e. The van der Waals surface area contributed by atoms with E-state index in [1.807, 2.05) is 0 Å². The summed E-state index contributed by atoms with van der Waals surface area (Å²) in [5, 5.41) is 11.4. The summed E-state index contributed by atoms with van der Waals surface area (Å²) in [6.45, 7) is 0.289. The zero-order valence-corrected chi connectivity index (χ0v) is 13.7. The van der Waals surface area contributed by atoms with Gasteiger partial charge in [0.1, 0.15) is 11.6 Å². The van der Waals surface area contributed by atoms with E-state index in [9.17, 15) is 14.0 Å². The topological polar surface area (TPSA) is 75.6 Å². The minimum absolute atomic E-state index is 0.0773. The second-order valence-electron chi connectivity index (χ2n) is 5.56. The van der Waals surface area contributed by atoms with E-state index < -0.39 is 5.97 Å². The lowest BCUT2D eigenvalue weighted by Gasteiger charge is -2.08. The smallest absolute Gasteiger partial charge is 0.303 e. The third kappa shape index (κ3) is 7.03. The van der Waals surface area contributed by atoms with Crippen molar-refractivity contribution in [2.24, 2.45) is 0 Å². The summed E-state index contributed by atoms with van der Waals surface area (Å²) in [7, 11) is 0. The molecule has 2 rings (SSSR count). The second kappa shape index (κ2) is 9.42. The first-order valence-corrected chi connectivity index (χ1v) is 7.97. The van der Waals surface area contributed by atoms with Gasteiger partial charge in [0.25, 0.3) is 5.91 Å². The van der Waals surface area contributed by atoms with Crippen molar-refractivity contribution in [3.05, 3.63) is 65.5 Å². The Morgan fingerprint density at radius 3 is 2.48 bits per heavy atom. The van der Waals surface area contributed by atoms with Crippen molar-refractivity contribution in [2.45, 2.75) is 19.3 Å². The lowest BCUT2D eigenvalue weighted by molar-refractivity contribution is -0.137. The van der Waals surface area contributed by atoms with Crippen LogP contribution in [0.15, 0.2) is 48.5 Å². The summed E-state index contributed by atoms with van der Waals surface area (Å²) in [5.41, 5.74) is 1.72. The first kappa shape index (κ1) is 18.4. The molecule has 0 atom stereocenters. The van der Waals surface area contributed by atoms with Crippen LogP contribution in [-0.2, 0) is 22.4 Å². The Balaban J connectivity index is 1.68. The number of amides is 1. The van der Waals surface area contributed by atoms with Gasteiger partial charge in [-0.1, -0.05) is 24.3 Å². The molecule has 2 N–H and O–H groups in total. The predicted molar refractivity (Wildman–Crippen MR) is 91.0 cm³/mol. The van der Waals surface area contributed by atoms with Gasteiger partial charge >= 0.3 is 5.97 Å². The second-order valence-corrected chi connectivity index (χ2v) is 5.56. The molecule has 132 valence electrons. The standard InChI is InChI=1S/C19H20FNO4/c20-16-3-1-2-15(12-16)10-11-21-18(22)13-25-17-7-4-14(5-8-17)6-9-19(23)24/h1-5,7-8,12H,6,9-11,13H2,(H,21,22)(H,23,24). The van der Waals surface area contributed by atoms with Gasteiger partial charge in [0.05, 0.1) is 0 Å². The number of aryl methyl sites for hydroxylation is 1. The Bertz CT molecular complexity index is 716. The van der Waals surface area contributed by atoms with Crippen LogP contribution < -0.4 is 10.1 Å². The van der Waals surface area contributed by atoms with Crippen LogP contribution in [0.1, 0.15) is 17.5 Å². The monoisotopic (exact) mass is 345 g/mol. The molecule has 0 fully saturated rings. The van der Waals surface area contributed by atoms with E-state index in [2.05, 4.69) is 5.32 Å². The van der Waals surface area contributed by atoms with Gasteiger partial charge in [-0.3, -0.25) is 9.59 Å². The molecule has 5 nitrogen and oxygen atoms in total. The van der Waals surface area contributed by atoms with Gasteiger partial charge in [-0.2, -0.15) is 0 Å². The molecule has 0 saturated heterocycles. The van der Waals surface area contributed by atoms with E-state index in [1.165, 1.54) is 12.1 Å². The molecule has 25 heavy (non-hydrogen) atoms. The highest BCUT2D eigenvalue weighted by atomic mass is 19.1. The maximum atomic E-state index is 13.0. The Kier molecular flexibility index (Phi) is 6.95. The minimum atomic E-state index is -0.838. The number of carboxylic acids is 1. The van der Waals surface area contributed by atoms with Crippen molar-refractivity contribution < 1.29 is 23.8 Å². The highest BCUT2D eigenvalue weighted by Gasteiger charge is 2.04. The van der Waals surface area contributed by atoms with Crippen LogP contribution in [0.5, 0.6) is 5.75 Å². The first-order chi connectivity index (χ1) is 12.0. The van der Waals surface area contributed by atoms with Gasteiger partial charge < -0.3 is 15.2 Å². The van der Waals surface area contributed by atoms with Crippen molar-refractivity contribution in [3.63, 3.8) is 0 Å². The fourth-order valence-corrected chi connectivity index (χ4v) is 2.24. The number of benzene rings is 2. The molecule has 2 aromatic carbocycles. The number of carboxylic acid groups (broad SMARTS) is 1. The predicted octanol–water partition coefficient (Wildman–Crippen LogP) is 2.58. The van der Waals surface area contributed by atoms with Crippen LogP contribution in [0.2, 0.25) is 0 Å². The van der Waals surface area contributed by atoms with Crippen LogP contribution in [0.25, 0.3) is 0 Å².